The summed E-state index contributed by atoms with van der Waals surface area (Å²) in [6, 6.07) is 2.86. The molecule has 0 saturated carbocycles. The van der Waals surface area contributed by atoms with Gasteiger partial charge in [-0.3, -0.25) is 0 Å². The van der Waals surface area contributed by atoms with Gasteiger partial charge in [0.2, 0.25) is 0 Å². The summed E-state index contributed by atoms with van der Waals surface area (Å²) < 4.78 is 10.1. The number of hydrogen-bond acceptors (Lipinski definition) is 5. The molecule has 1 rings (SSSR count). The van der Waals surface area contributed by atoms with E-state index in [1.165, 1.54) is 18.3 Å². The smallest absolute Gasteiger partial charge is 0.356 e. The predicted octanol–water partition coefficient (Wildman–Crippen LogP) is 3.43. The minimum Gasteiger partial charge on any atom is -0.462 e. The largest absolute Gasteiger partial charge is 0.462 e. The number of carbonyl (C=O) groups excluding carboxylic acids is 2. The first-order valence-electron chi connectivity index (χ1n) is 7.11. The fourth-order valence-corrected chi connectivity index (χ4v) is 1.93. The highest BCUT2D eigenvalue weighted by Gasteiger charge is 2.13. The highest BCUT2D eigenvalue weighted by Crippen LogP contribution is 2.07. The number of pyridine rings is 1. The Morgan fingerprint density at radius 1 is 0.955 bits per heavy atom. The molecule has 0 aliphatic heterocycles. The molecule has 0 spiro atoms. The minimum absolute atomic E-state index is 0.0843. The lowest BCUT2D eigenvalue weighted by Gasteiger charge is -2.06. The van der Waals surface area contributed by atoms with E-state index in [-0.39, 0.29) is 17.9 Å². The molecule has 0 fully saturated rings. The summed E-state index contributed by atoms with van der Waals surface area (Å²) in [5.41, 5.74) is 0.356. The van der Waals surface area contributed by atoms with Crippen LogP contribution in [0.15, 0.2) is 18.3 Å². The zero-order valence-electron chi connectivity index (χ0n) is 12.2. The van der Waals surface area contributed by atoms with E-state index in [1.54, 1.807) is 0 Å². The Bertz CT molecular complexity index is 443. The van der Waals surface area contributed by atoms with Crippen molar-refractivity contribution in [3.63, 3.8) is 0 Å². The van der Waals surface area contributed by atoms with Crippen LogP contribution in [0.2, 0.25) is 0 Å². The van der Waals surface area contributed by atoms with Crippen LogP contribution in [0.3, 0.4) is 0 Å². The summed E-state index contributed by atoms with van der Waals surface area (Å²) in [5, 5.41) is 0. The minimum atomic E-state index is -0.564. The standard InChI is InChI=1S/C15H19Cl2NO4/c16-6-1-3-9-21-14(19)12-5-8-18-13(11-12)15(20)22-10-4-2-7-17/h5,8,11H,1-4,6-7,9-10H2. The molecule has 0 aliphatic rings. The Morgan fingerprint density at radius 2 is 1.55 bits per heavy atom. The number of aromatic nitrogens is 1. The van der Waals surface area contributed by atoms with Gasteiger partial charge in [0, 0.05) is 18.0 Å². The zero-order chi connectivity index (χ0) is 16.2. The van der Waals surface area contributed by atoms with Crippen molar-refractivity contribution in [2.24, 2.45) is 0 Å². The van der Waals surface area contributed by atoms with Crippen molar-refractivity contribution in [3.8, 4) is 0 Å². The SMILES string of the molecule is O=C(OCCCCCl)c1ccnc(C(=O)OCCCCCl)c1. The van der Waals surface area contributed by atoms with Crippen molar-refractivity contribution in [1.82, 2.24) is 4.98 Å². The van der Waals surface area contributed by atoms with Crippen molar-refractivity contribution >= 4 is 35.1 Å². The summed E-state index contributed by atoms with van der Waals surface area (Å²) in [7, 11) is 0. The number of carbonyl (C=O) groups is 2. The van der Waals surface area contributed by atoms with Gasteiger partial charge in [-0.25, -0.2) is 14.6 Å². The number of hydrogen-bond donors (Lipinski definition) is 0. The van der Waals surface area contributed by atoms with E-state index in [1.807, 2.05) is 0 Å². The van der Waals surface area contributed by atoms with E-state index >= 15 is 0 Å². The fraction of sp³-hybridized carbons (Fsp3) is 0.533. The molecular weight excluding hydrogens is 329 g/mol. The maximum absolute atomic E-state index is 11.8. The van der Waals surface area contributed by atoms with Gasteiger partial charge in [-0.05, 0) is 37.8 Å². The fourth-order valence-electron chi connectivity index (χ4n) is 1.55. The van der Waals surface area contributed by atoms with Gasteiger partial charge < -0.3 is 9.47 Å². The van der Waals surface area contributed by atoms with E-state index in [2.05, 4.69) is 4.98 Å². The van der Waals surface area contributed by atoms with Gasteiger partial charge in [0.15, 0.2) is 0 Å². The second-order valence-electron chi connectivity index (χ2n) is 4.49. The van der Waals surface area contributed by atoms with Gasteiger partial charge in [0.05, 0.1) is 18.8 Å². The third-order valence-corrected chi connectivity index (χ3v) is 3.26. The number of esters is 2. The number of halogens is 2. The van der Waals surface area contributed by atoms with Gasteiger partial charge in [-0.2, -0.15) is 0 Å². The van der Waals surface area contributed by atoms with E-state index in [0.29, 0.717) is 31.2 Å². The van der Waals surface area contributed by atoms with E-state index in [9.17, 15) is 9.59 Å². The Morgan fingerprint density at radius 3 is 2.14 bits per heavy atom. The van der Waals surface area contributed by atoms with Crippen molar-refractivity contribution in [2.75, 3.05) is 25.0 Å². The Hall–Kier alpha value is -1.33. The maximum Gasteiger partial charge on any atom is 0.356 e. The molecule has 122 valence electrons. The van der Waals surface area contributed by atoms with Crippen LogP contribution in [0.1, 0.15) is 46.5 Å². The molecule has 1 aromatic heterocycles. The van der Waals surface area contributed by atoms with Gasteiger partial charge in [-0.15, -0.1) is 23.2 Å². The quantitative estimate of drug-likeness (QED) is 0.368. The van der Waals surface area contributed by atoms with Crippen LogP contribution in [0.25, 0.3) is 0 Å². The molecule has 0 amide bonds. The second kappa shape index (κ2) is 11.3. The Labute approximate surface area is 139 Å². The molecule has 0 bridgehead atoms. The van der Waals surface area contributed by atoms with Crippen LogP contribution < -0.4 is 0 Å². The number of alkyl halides is 2. The molecule has 0 saturated heterocycles. The molecule has 0 unspecified atom stereocenters. The third-order valence-electron chi connectivity index (χ3n) is 2.73. The van der Waals surface area contributed by atoms with Crippen LogP contribution in [-0.4, -0.2) is 41.9 Å². The average molecular weight is 348 g/mol. The Kier molecular flexibility index (Phi) is 9.59. The van der Waals surface area contributed by atoms with Crippen LogP contribution in [0.4, 0.5) is 0 Å². The summed E-state index contributed by atoms with van der Waals surface area (Å²) in [5.74, 6) is 0.00686. The van der Waals surface area contributed by atoms with Gasteiger partial charge in [0.1, 0.15) is 5.69 Å². The molecule has 0 radical (unpaired) electrons. The molecule has 1 aromatic rings. The summed E-state index contributed by atoms with van der Waals surface area (Å²) in [6.07, 6.45) is 4.33. The molecule has 0 atom stereocenters. The third kappa shape index (κ3) is 7.09. The second-order valence-corrected chi connectivity index (χ2v) is 5.25. The van der Waals surface area contributed by atoms with Crippen LogP contribution in [0.5, 0.6) is 0 Å². The number of nitrogens with zero attached hydrogens (tertiary/aromatic N) is 1. The molecule has 0 N–H and O–H groups in total. The lowest BCUT2D eigenvalue weighted by Crippen LogP contribution is -2.12. The zero-order valence-corrected chi connectivity index (χ0v) is 13.7. The van der Waals surface area contributed by atoms with Crippen molar-refractivity contribution in [2.45, 2.75) is 25.7 Å². The average Bonchev–Trinajstić information content (AvgIpc) is 2.55. The van der Waals surface area contributed by atoms with Gasteiger partial charge >= 0.3 is 11.9 Å². The van der Waals surface area contributed by atoms with Gasteiger partial charge in [0.25, 0.3) is 0 Å². The van der Waals surface area contributed by atoms with Crippen LogP contribution in [0, 0.1) is 0 Å². The molecule has 0 aromatic carbocycles. The maximum atomic E-state index is 11.8. The molecule has 7 heteroatoms. The lowest BCUT2D eigenvalue weighted by atomic mass is 10.2. The first-order valence-corrected chi connectivity index (χ1v) is 8.18. The predicted molar refractivity (Wildman–Crippen MR) is 84.7 cm³/mol. The Balaban J connectivity index is 2.50. The first-order chi connectivity index (χ1) is 10.7. The number of unbranched alkanes of at least 4 members (excludes halogenated alkanes) is 2. The van der Waals surface area contributed by atoms with E-state index < -0.39 is 11.9 Å². The monoisotopic (exact) mass is 347 g/mol. The lowest BCUT2D eigenvalue weighted by molar-refractivity contribution is 0.0492. The molecule has 22 heavy (non-hydrogen) atoms. The van der Waals surface area contributed by atoms with E-state index in [4.69, 9.17) is 32.7 Å². The summed E-state index contributed by atoms with van der Waals surface area (Å²) in [6.45, 7) is 0.576. The normalized spacial score (nSPS) is 10.3. The van der Waals surface area contributed by atoms with Gasteiger partial charge in [-0.1, -0.05) is 0 Å². The molecular formula is C15H19Cl2NO4. The van der Waals surface area contributed by atoms with Crippen molar-refractivity contribution in [1.29, 1.82) is 0 Å². The van der Waals surface area contributed by atoms with Crippen molar-refractivity contribution < 1.29 is 19.1 Å². The summed E-state index contributed by atoms with van der Waals surface area (Å²) >= 11 is 11.1. The highest BCUT2D eigenvalue weighted by atomic mass is 35.5. The topological polar surface area (TPSA) is 65.5 Å². The number of ether oxygens (including phenoxy) is 2. The van der Waals surface area contributed by atoms with Crippen LogP contribution in [-0.2, 0) is 9.47 Å². The molecule has 1 heterocycles. The highest BCUT2D eigenvalue weighted by molar-refractivity contribution is 6.18. The van der Waals surface area contributed by atoms with Crippen molar-refractivity contribution in [3.05, 3.63) is 29.6 Å². The van der Waals surface area contributed by atoms with E-state index in [0.717, 1.165) is 12.8 Å². The first kappa shape index (κ1) is 18.7. The number of rotatable bonds is 10. The molecule has 5 nitrogen and oxygen atoms in total. The van der Waals surface area contributed by atoms with Crippen LogP contribution >= 0.6 is 23.2 Å². The molecule has 0 aliphatic carbocycles. The summed E-state index contributed by atoms with van der Waals surface area (Å²) in [4.78, 5) is 27.5.